The third kappa shape index (κ3) is 3.50. The summed E-state index contributed by atoms with van der Waals surface area (Å²) in [5.41, 5.74) is 0.235. The smallest absolute Gasteiger partial charge is 0.273 e. The Balaban J connectivity index is 2.10. The minimum absolute atomic E-state index is 0.0561. The van der Waals surface area contributed by atoms with Crippen molar-refractivity contribution in [1.29, 1.82) is 0 Å². The van der Waals surface area contributed by atoms with Crippen LogP contribution in [-0.2, 0) is 9.05 Å². The van der Waals surface area contributed by atoms with Gasteiger partial charge in [-0.15, -0.1) is 16.4 Å². The molecule has 0 radical (unpaired) electrons. The van der Waals surface area contributed by atoms with E-state index in [1.807, 2.05) is 0 Å². The minimum Gasteiger partial charge on any atom is -0.343 e. The van der Waals surface area contributed by atoms with Crippen LogP contribution in [0.3, 0.4) is 0 Å². The lowest BCUT2D eigenvalue weighted by Crippen LogP contribution is -2.26. The Bertz CT molecular complexity index is 681. The number of carbonyl (C=O) groups excluding carboxylic acids is 1. The van der Waals surface area contributed by atoms with Gasteiger partial charge in [-0.1, -0.05) is 4.49 Å². The number of hydrogen-bond acceptors (Lipinski definition) is 7. The highest BCUT2D eigenvalue weighted by molar-refractivity contribution is 8.15. The van der Waals surface area contributed by atoms with Gasteiger partial charge in [0.1, 0.15) is 4.21 Å². The standard InChI is InChI=1S/C9H8ClN3O3S3/c1-5(11-9(14)6-4-17-13-12-6)7-2-3-8(18-7)19(10,15)16/h2-5H,1H3,(H,11,14). The van der Waals surface area contributed by atoms with Crippen LogP contribution in [0.4, 0.5) is 0 Å². The maximum Gasteiger partial charge on any atom is 0.273 e. The molecule has 6 nitrogen and oxygen atoms in total. The quantitative estimate of drug-likeness (QED) is 0.862. The first-order valence-corrected chi connectivity index (χ1v) is 8.96. The molecule has 0 spiro atoms. The summed E-state index contributed by atoms with van der Waals surface area (Å²) in [6.07, 6.45) is 0. The van der Waals surface area contributed by atoms with Gasteiger partial charge < -0.3 is 5.32 Å². The predicted octanol–water partition coefficient (Wildman–Crippen LogP) is 2.02. The molecule has 0 aliphatic rings. The van der Waals surface area contributed by atoms with Gasteiger partial charge in [-0.2, -0.15) is 0 Å². The van der Waals surface area contributed by atoms with Crippen molar-refractivity contribution in [2.45, 2.75) is 17.2 Å². The van der Waals surface area contributed by atoms with E-state index in [0.717, 1.165) is 22.9 Å². The monoisotopic (exact) mass is 337 g/mol. The maximum atomic E-state index is 11.7. The highest BCUT2D eigenvalue weighted by atomic mass is 35.7. The molecule has 0 saturated carbocycles. The van der Waals surface area contributed by atoms with Crippen LogP contribution in [0.1, 0.15) is 28.3 Å². The van der Waals surface area contributed by atoms with Gasteiger partial charge in [-0.25, -0.2) is 8.42 Å². The summed E-state index contributed by atoms with van der Waals surface area (Å²) in [4.78, 5) is 12.4. The van der Waals surface area contributed by atoms with Crippen LogP contribution in [0.15, 0.2) is 21.7 Å². The van der Waals surface area contributed by atoms with Crippen molar-refractivity contribution in [2.75, 3.05) is 0 Å². The van der Waals surface area contributed by atoms with Crippen LogP contribution in [0.25, 0.3) is 0 Å². The fourth-order valence-electron chi connectivity index (χ4n) is 1.30. The molecule has 1 amide bonds. The van der Waals surface area contributed by atoms with Gasteiger partial charge >= 0.3 is 0 Å². The average molecular weight is 338 g/mol. The topological polar surface area (TPSA) is 89.0 Å². The lowest BCUT2D eigenvalue weighted by molar-refractivity contribution is 0.0935. The number of carbonyl (C=O) groups is 1. The second kappa shape index (κ2) is 5.53. The average Bonchev–Trinajstić information content (AvgIpc) is 3.00. The normalized spacial score (nSPS) is 13.2. The van der Waals surface area contributed by atoms with Crippen molar-refractivity contribution >= 4 is 48.5 Å². The number of hydrogen-bond donors (Lipinski definition) is 1. The molecule has 0 saturated heterocycles. The highest BCUT2D eigenvalue weighted by Crippen LogP contribution is 2.28. The molecule has 2 heterocycles. The molecule has 102 valence electrons. The first-order chi connectivity index (χ1) is 8.88. The first kappa shape index (κ1) is 14.4. The third-order valence-electron chi connectivity index (χ3n) is 2.21. The summed E-state index contributed by atoms with van der Waals surface area (Å²) in [6, 6.07) is 2.69. The summed E-state index contributed by atoms with van der Waals surface area (Å²) < 4.78 is 26.0. The van der Waals surface area contributed by atoms with Gasteiger partial charge in [-0.3, -0.25) is 4.79 Å². The van der Waals surface area contributed by atoms with E-state index < -0.39 is 9.05 Å². The van der Waals surface area contributed by atoms with Crippen molar-refractivity contribution in [3.8, 4) is 0 Å². The van der Waals surface area contributed by atoms with Crippen LogP contribution in [0, 0.1) is 0 Å². The Morgan fingerprint density at radius 1 is 1.47 bits per heavy atom. The number of aromatic nitrogens is 2. The van der Waals surface area contributed by atoms with Crippen molar-refractivity contribution in [3.63, 3.8) is 0 Å². The molecule has 0 aliphatic heterocycles. The minimum atomic E-state index is -3.73. The molecule has 0 bridgehead atoms. The molecule has 19 heavy (non-hydrogen) atoms. The number of halogens is 1. The van der Waals surface area contributed by atoms with Gasteiger partial charge in [0.25, 0.3) is 15.0 Å². The fraction of sp³-hybridized carbons (Fsp3) is 0.222. The van der Waals surface area contributed by atoms with Gasteiger partial charge in [0.15, 0.2) is 5.69 Å². The molecule has 2 aromatic rings. The van der Waals surface area contributed by atoms with Crippen molar-refractivity contribution in [2.24, 2.45) is 0 Å². The van der Waals surface area contributed by atoms with Crippen LogP contribution in [0.5, 0.6) is 0 Å². The summed E-state index contributed by atoms with van der Waals surface area (Å²) in [6.45, 7) is 1.74. The van der Waals surface area contributed by atoms with E-state index in [4.69, 9.17) is 10.7 Å². The molecule has 2 aromatic heterocycles. The summed E-state index contributed by atoms with van der Waals surface area (Å²) in [7, 11) is 1.51. The Hall–Kier alpha value is -1.03. The van der Waals surface area contributed by atoms with E-state index in [2.05, 4.69) is 14.9 Å². The lowest BCUT2D eigenvalue weighted by Gasteiger charge is -2.10. The van der Waals surface area contributed by atoms with E-state index in [9.17, 15) is 13.2 Å². The predicted molar refractivity (Wildman–Crippen MR) is 73.1 cm³/mol. The largest absolute Gasteiger partial charge is 0.343 e. The molecule has 1 unspecified atom stereocenters. The van der Waals surface area contributed by atoms with Crippen LogP contribution in [-0.4, -0.2) is 23.9 Å². The number of nitrogens with one attached hydrogen (secondary N) is 1. The van der Waals surface area contributed by atoms with Crippen molar-refractivity contribution in [3.05, 3.63) is 28.1 Å². The van der Waals surface area contributed by atoms with Gasteiger partial charge in [-0.05, 0) is 30.6 Å². The zero-order valence-electron chi connectivity index (χ0n) is 9.53. The molecule has 10 heteroatoms. The molecule has 0 fully saturated rings. The molecular weight excluding hydrogens is 330 g/mol. The number of amides is 1. The number of nitrogens with zero attached hydrogens (tertiary/aromatic N) is 2. The van der Waals surface area contributed by atoms with E-state index in [1.54, 1.807) is 13.0 Å². The van der Waals surface area contributed by atoms with Crippen LogP contribution in [0.2, 0.25) is 0 Å². The van der Waals surface area contributed by atoms with E-state index >= 15 is 0 Å². The van der Waals surface area contributed by atoms with Gasteiger partial charge in [0, 0.05) is 20.9 Å². The first-order valence-electron chi connectivity index (χ1n) is 5.00. The summed E-state index contributed by atoms with van der Waals surface area (Å²) in [5, 5.41) is 7.88. The maximum absolute atomic E-state index is 11.7. The summed E-state index contributed by atoms with van der Waals surface area (Å²) in [5.74, 6) is -0.357. The second-order valence-corrected chi connectivity index (χ2v) is 8.10. The molecule has 0 aliphatic carbocycles. The van der Waals surface area contributed by atoms with Gasteiger partial charge in [0.2, 0.25) is 0 Å². The summed E-state index contributed by atoms with van der Waals surface area (Å²) >= 11 is 2.10. The molecule has 0 aromatic carbocycles. The zero-order valence-corrected chi connectivity index (χ0v) is 12.7. The Kier molecular flexibility index (Phi) is 4.19. The molecule has 1 atom stereocenters. The zero-order chi connectivity index (χ0) is 14.0. The Morgan fingerprint density at radius 2 is 2.21 bits per heavy atom. The molecule has 2 rings (SSSR count). The number of rotatable bonds is 4. The Morgan fingerprint density at radius 3 is 2.74 bits per heavy atom. The molecule has 1 N–H and O–H groups in total. The van der Waals surface area contributed by atoms with Crippen molar-refractivity contribution in [1.82, 2.24) is 14.9 Å². The molecular formula is C9H8ClN3O3S3. The SMILES string of the molecule is CC(NC(=O)c1csnn1)c1ccc(S(=O)(=O)Cl)s1. The lowest BCUT2D eigenvalue weighted by atomic mass is 10.2. The number of thiophene rings is 1. The Labute approximate surface area is 122 Å². The third-order valence-corrected chi connectivity index (χ3v) is 6.07. The van der Waals surface area contributed by atoms with Crippen LogP contribution >= 0.6 is 33.6 Å². The van der Waals surface area contributed by atoms with Crippen molar-refractivity contribution < 1.29 is 13.2 Å². The highest BCUT2D eigenvalue weighted by Gasteiger charge is 2.18. The van der Waals surface area contributed by atoms with E-state index in [0.29, 0.717) is 4.88 Å². The van der Waals surface area contributed by atoms with E-state index in [-0.39, 0.29) is 21.9 Å². The second-order valence-electron chi connectivity index (χ2n) is 3.58. The fourth-order valence-corrected chi connectivity index (χ4v) is 3.84. The van der Waals surface area contributed by atoms with E-state index in [1.165, 1.54) is 11.4 Å². The van der Waals surface area contributed by atoms with Gasteiger partial charge in [0.05, 0.1) is 6.04 Å². The van der Waals surface area contributed by atoms with Crippen LogP contribution < -0.4 is 5.32 Å².